The van der Waals surface area contributed by atoms with Crippen LogP contribution in [0.2, 0.25) is 0 Å². The lowest BCUT2D eigenvalue weighted by Crippen LogP contribution is -2.04. The van der Waals surface area contributed by atoms with E-state index < -0.39 is 5.91 Å². The van der Waals surface area contributed by atoms with Crippen molar-refractivity contribution in [2.45, 2.75) is 0 Å². The molecular weight excluding hydrogens is 254 g/mol. The predicted octanol–water partition coefficient (Wildman–Crippen LogP) is 1.46. The third-order valence-corrected chi connectivity index (χ3v) is 3.03. The molecule has 0 fully saturated rings. The first-order valence-corrected chi connectivity index (χ1v) is 6.07. The average Bonchev–Trinajstić information content (AvgIpc) is 3.02. The average molecular weight is 267 g/mol. The Hall–Kier alpha value is -2.89. The number of nitrogens with zero attached hydrogens (tertiary/aromatic N) is 3. The van der Waals surface area contributed by atoms with Crippen molar-refractivity contribution in [3.05, 3.63) is 42.5 Å². The van der Waals surface area contributed by atoms with E-state index in [0.29, 0.717) is 0 Å². The molecule has 3 aromatic rings. The Balaban J connectivity index is 2.09. The molecule has 1 amide bonds. The van der Waals surface area contributed by atoms with E-state index in [0.717, 1.165) is 27.7 Å². The Kier molecular flexibility index (Phi) is 2.83. The van der Waals surface area contributed by atoms with Crippen molar-refractivity contribution in [1.82, 2.24) is 19.7 Å². The number of nitrogens with two attached hydrogens (primary N) is 1. The number of hydrogen-bond donors (Lipinski definition) is 2. The number of rotatable bonds is 3. The summed E-state index contributed by atoms with van der Waals surface area (Å²) >= 11 is 0. The number of aryl methyl sites for hydroxylation is 1. The lowest BCUT2D eigenvalue weighted by molar-refractivity contribution is -0.113. The van der Waals surface area contributed by atoms with Gasteiger partial charge >= 0.3 is 0 Å². The lowest BCUT2D eigenvalue weighted by Gasteiger charge is -1.98. The van der Waals surface area contributed by atoms with Crippen molar-refractivity contribution in [3.63, 3.8) is 0 Å². The number of carbonyl (C=O) groups excluding carboxylic acids is 1. The van der Waals surface area contributed by atoms with E-state index >= 15 is 0 Å². The van der Waals surface area contributed by atoms with E-state index in [4.69, 9.17) is 5.73 Å². The monoisotopic (exact) mass is 267 g/mol. The Morgan fingerprint density at radius 1 is 1.40 bits per heavy atom. The van der Waals surface area contributed by atoms with Crippen molar-refractivity contribution >= 4 is 23.0 Å². The van der Waals surface area contributed by atoms with E-state index in [1.54, 1.807) is 29.3 Å². The van der Waals surface area contributed by atoms with Gasteiger partial charge in [0.1, 0.15) is 5.65 Å². The highest BCUT2D eigenvalue weighted by molar-refractivity contribution is 5.95. The van der Waals surface area contributed by atoms with Gasteiger partial charge in [-0.15, -0.1) is 0 Å². The zero-order chi connectivity index (χ0) is 14.1. The van der Waals surface area contributed by atoms with Crippen molar-refractivity contribution < 1.29 is 4.79 Å². The molecule has 0 saturated carbocycles. The summed E-state index contributed by atoms with van der Waals surface area (Å²) in [6.07, 6.45) is 10.3. The summed E-state index contributed by atoms with van der Waals surface area (Å²) in [5.41, 5.74) is 8.72. The number of amides is 1. The molecule has 0 aliphatic rings. The Bertz CT molecular complexity index is 812. The molecule has 100 valence electrons. The van der Waals surface area contributed by atoms with Crippen LogP contribution in [-0.4, -0.2) is 25.7 Å². The smallest absolute Gasteiger partial charge is 0.241 e. The first-order chi connectivity index (χ1) is 9.63. The Labute approximate surface area is 114 Å². The van der Waals surface area contributed by atoms with Crippen LogP contribution in [0.5, 0.6) is 0 Å². The molecule has 20 heavy (non-hydrogen) atoms. The summed E-state index contributed by atoms with van der Waals surface area (Å²) in [6, 6.07) is 2.01. The quantitative estimate of drug-likeness (QED) is 0.704. The van der Waals surface area contributed by atoms with E-state index in [1.165, 1.54) is 6.08 Å². The molecule has 3 heterocycles. The summed E-state index contributed by atoms with van der Waals surface area (Å²) < 4.78 is 1.74. The molecule has 0 radical (unpaired) electrons. The maximum absolute atomic E-state index is 10.8. The minimum absolute atomic E-state index is 0.476. The Morgan fingerprint density at radius 3 is 2.95 bits per heavy atom. The molecule has 0 aliphatic heterocycles. The number of H-pyrrole nitrogens is 1. The van der Waals surface area contributed by atoms with Crippen molar-refractivity contribution in [2.75, 3.05) is 0 Å². The van der Waals surface area contributed by atoms with Gasteiger partial charge < -0.3 is 10.7 Å². The standard InChI is InChI=1S/C14H13N5O/c1-19-8-11(7-18-19)10-4-12-9(2-3-13(15)20)5-16-14(12)17-6-10/h2-8H,1H3,(H2,15,20)(H,16,17). The predicted molar refractivity (Wildman–Crippen MR) is 76.5 cm³/mol. The maximum Gasteiger partial charge on any atom is 0.241 e. The largest absolute Gasteiger partial charge is 0.366 e. The van der Waals surface area contributed by atoms with Gasteiger partial charge in [0.2, 0.25) is 5.91 Å². The van der Waals surface area contributed by atoms with Crippen LogP contribution in [0, 0.1) is 0 Å². The van der Waals surface area contributed by atoms with Crippen molar-refractivity contribution in [2.24, 2.45) is 12.8 Å². The van der Waals surface area contributed by atoms with E-state index in [-0.39, 0.29) is 0 Å². The second-order valence-electron chi connectivity index (χ2n) is 4.50. The van der Waals surface area contributed by atoms with Gasteiger partial charge in [-0.05, 0) is 12.1 Å². The minimum atomic E-state index is -0.476. The van der Waals surface area contributed by atoms with Crippen LogP contribution in [0.1, 0.15) is 5.56 Å². The highest BCUT2D eigenvalue weighted by Gasteiger charge is 2.06. The number of hydrogen-bond acceptors (Lipinski definition) is 3. The number of nitrogens with one attached hydrogen (secondary N) is 1. The molecule has 3 aromatic heterocycles. The SMILES string of the molecule is Cn1cc(-c2cnc3[nH]cc(C=CC(N)=O)c3c2)cn1. The third kappa shape index (κ3) is 2.18. The zero-order valence-electron chi connectivity index (χ0n) is 10.9. The third-order valence-electron chi connectivity index (χ3n) is 3.03. The number of aromatic amines is 1. The fourth-order valence-electron chi connectivity index (χ4n) is 2.06. The molecule has 0 aromatic carbocycles. The minimum Gasteiger partial charge on any atom is -0.366 e. The number of carbonyl (C=O) groups is 1. The highest BCUT2D eigenvalue weighted by Crippen LogP contribution is 2.24. The second kappa shape index (κ2) is 4.65. The summed E-state index contributed by atoms with van der Waals surface area (Å²) in [5.74, 6) is -0.476. The first-order valence-electron chi connectivity index (χ1n) is 6.07. The highest BCUT2D eigenvalue weighted by atomic mass is 16.1. The molecule has 0 aliphatic carbocycles. The maximum atomic E-state index is 10.8. The van der Waals surface area contributed by atoms with Gasteiger partial charge in [-0.2, -0.15) is 5.10 Å². The van der Waals surface area contributed by atoms with Crippen LogP contribution in [0.4, 0.5) is 0 Å². The number of pyridine rings is 1. The second-order valence-corrected chi connectivity index (χ2v) is 4.50. The van der Waals surface area contributed by atoms with Crippen LogP contribution < -0.4 is 5.73 Å². The molecule has 0 bridgehead atoms. The van der Waals surface area contributed by atoms with Gasteiger partial charge in [0.25, 0.3) is 0 Å². The molecular formula is C14H13N5O. The number of fused-ring (bicyclic) bond motifs is 1. The molecule has 6 heteroatoms. The van der Waals surface area contributed by atoms with Crippen LogP contribution in [-0.2, 0) is 11.8 Å². The summed E-state index contributed by atoms with van der Waals surface area (Å²) in [5, 5.41) is 5.08. The number of aromatic nitrogens is 4. The summed E-state index contributed by atoms with van der Waals surface area (Å²) in [7, 11) is 1.87. The van der Waals surface area contributed by atoms with Crippen LogP contribution in [0.15, 0.2) is 36.9 Å². The number of primary amides is 1. The van der Waals surface area contributed by atoms with Gasteiger partial charge in [0, 0.05) is 53.8 Å². The molecule has 0 spiro atoms. The van der Waals surface area contributed by atoms with E-state index in [1.807, 2.05) is 19.3 Å². The molecule has 0 unspecified atom stereocenters. The molecule has 0 atom stereocenters. The van der Waals surface area contributed by atoms with Gasteiger partial charge in [-0.25, -0.2) is 4.98 Å². The summed E-state index contributed by atoms with van der Waals surface area (Å²) in [4.78, 5) is 18.3. The van der Waals surface area contributed by atoms with Crippen molar-refractivity contribution in [3.8, 4) is 11.1 Å². The summed E-state index contributed by atoms with van der Waals surface area (Å²) in [6.45, 7) is 0. The van der Waals surface area contributed by atoms with Gasteiger partial charge in [0.05, 0.1) is 6.20 Å². The molecule has 3 N–H and O–H groups in total. The van der Waals surface area contributed by atoms with Gasteiger partial charge in [-0.3, -0.25) is 9.48 Å². The van der Waals surface area contributed by atoms with Gasteiger partial charge in [0.15, 0.2) is 0 Å². The first kappa shape index (κ1) is 12.2. The topological polar surface area (TPSA) is 89.6 Å². The van der Waals surface area contributed by atoms with Crippen molar-refractivity contribution in [1.29, 1.82) is 0 Å². The van der Waals surface area contributed by atoms with E-state index in [2.05, 4.69) is 15.1 Å². The molecule has 3 rings (SSSR count). The molecule has 0 saturated heterocycles. The van der Waals surface area contributed by atoms with Crippen LogP contribution in [0.3, 0.4) is 0 Å². The van der Waals surface area contributed by atoms with Gasteiger partial charge in [-0.1, -0.05) is 0 Å². The Morgan fingerprint density at radius 2 is 2.25 bits per heavy atom. The molecule has 6 nitrogen and oxygen atoms in total. The zero-order valence-corrected chi connectivity index (χ0v) is 10.9. The fourth-order valence-corrected chi connectivity index (χ4v) is 2.06. The van der Waals surface area contributed by atoms with E-state index in [9.17, 15) is 4.79 Å². The normalized spacial score (nSPS) is 11.4. The fraction of sp³-hybridized carbons (Fsp3) is 0.0714. The van der Waals surface area contributed by atoms with Crippen LogP contribution in [0.25, 0.3) is 28.2 Å². The lowest BCUT2D eigenvalue weighted by atomic mass is 10.1. The van der Waals surface area contributed by atoms with Crippen LogP contribution >= 0.6 is 0 Å².